The van der Waals surface area contributed by atoms with E-state index in [0.717, 1.165) is 18.2 Å². The number of amides is 2. The summed E-state index contributed by atoms with van der Waals surface area (Å²) in [5.41, 5.74) is -0.747. The van der Waals surface area contributed by atoms with Crippen molar-refractivity contribution in [1.82, 2.24) is 0 Å². The molecule has 6 aromatic carbocycles. The average Bonchev–Trinajstić information content (AvgIpc) is 3.29. The van der Waals surface area contributed by atoms with E-state index in [4.69, 9.17) is 32.7 Å². The van der Waals surface area contributed by atoms with Crippen LogP contribution in [0.1, 0.15) is 5.56 Å². The number of phenolic OH excluding ortho intramolecular Hbond substituents is 2. The van der Waals surface area contributed by atoms with Gasteiger partial charge in [0.05, 0.1) is 25.6 Å². The van der Waals surface area contributed by atoms with Gasteiger partial charge in [-0.15, -0.1) is 20.5 Å². The van der Waals surface area contributed by atoms with E-state index < -0.39 is 136 Å². The molecule has 0 spiro atoms. The second kappa shape index (κ2) is 22.9. The minimum absolute atomic E-state index is 0.0336. The molecule has 0 saturated carbocycles. The zero-order valence-electron chi connectivity index (χ0n) is 37.3. The number of nitrogens with one attached hydrogen (secondary N) is 2. The second-order valence-corrected chi connectivity index (χ2v) is 21.4. The first kappa shape index (κ1) is 56.0. The minimum atomic E-state index is -5.36. The largest absolute Gasteiger partial charge is 0.505 e. The molecule has 388 valence electrons. The van der Waals surface area contributed by atoms with E-state index >= 15 is 0 Å². The first-order chi connectivity index (χ1) is 34.3. The fourth-order valence-electron chi connectivity index (χ4n) is 6.97. The number of nitrogens with zero attached hydrogens (tertiary/aromatic N) is 4. The molecule has 2 unspecified atom stereocenters. The van der Waals surface area contributed by atoms with Crippen molar-refractivity contribution >= 4 is 143 Å². The van der Waals surface area contributed by atoms with Gasteiger partial charge in [0.1, 0.15) is 72.6 Å². The Morgan fingerprint density at radius 3 is 1.38 bits per heavy atom. The number of halogens is 2. The number of alkyl halides is 2. The van der Waals surface area contributed by atoms with Crippen LogP contribution in [0, 0.1) is 6.92 Å². The van der Waals surface area contributed by atoms with E-state index in [9.17, 15) is 67.1 Å². The van der Waals surface area contributed by atoms with Crippen LogP contribution in [0.3, 0.4) is 0 Å². The Labute approximate surface area is 428 Å². The molecule has 6 rings (SSSR count). The Hall–Kier alpha value is -6.29. The predicted molar refractivity (Wildman–Crippen MR) is 266 cm³/mol. The van der Waals surface area contributed by atoms with Gasteiger partial charge in [-0.2, -0.15) is 25.3 Å². The number of benzene rings is 6. The number of hydrogen-bond acceptors (Lipinski definition) is 20. The highest BCUT2D eigenvalue weighted by molar-refractivity contribution is 7.87. The summed E-state index contributed by atoms with van der Waals surface area (Å²) in [5.74, 6) is -4.93. The number of carbonyl (C=O) groups excluding carboxylic acids is 2. The van der Waals surface area contributed by atoms with Crippen LogP contribution in [0.15, 0.2) is 108 Å². The summed E-state index contributed by atoms with van der Waals surface area (Å²) in [6.45, 7) is 1.46. The third-order valence-corrected chi connectivity index (χ3v) is 15.0. The normalized spacial score (nSPS) is 13.2. The van der Waals surface area contributed by atoms with E-state index in [1.165, 1.54) is 57.5 Å². The number of fused-ring (bicyclic) bond motifs is 2. The number of ether oxygens (including phenoxy) is 2. The molecule has 73 heavy (non-hydrogen) atoms. The highest BCUT2D eigenvalue weighted by Gasteiger charge is 2.29. The van der Waals surface area contributed by atoms with Crippen LogP contribution in [0.4, 0.5) is 34.1 Å². The number of hydrogen-bond donors (Lipinski definition) is 7. The molecule has 0 aliphatic carbocycles. The maximum absolute atomic E-state index is 12.7. The van der Waals surface area contributed by atoms with Crippen molar-refractivity contribution in [1.29, 1.82) is 0 Å². The van der Waals surface area contributed by atoms with Crippen molar-refractivity contribution in [3.63, 3.8) is 0 Å². The molecule has 6 aromatic rings. The van der Waals surface area contributed by atoms with Crippen molar-refractivity contribution < 1.29 is 85.0 Å². The lowest BCUT2D eigenvalue weighted by Gasteiger charge is -2.15. The fraction of sp³-hybridized carbons (Fsp3) is 0.171. The molecular weight excluding hydrogens is 1110 g/mol. The first-order valence-corrected chi connectivity index (χ1v) is 27.7. The van der Waals surface area contributed by atoms with Crippen LogP contribution >= 0.6 is 23.2 Å². The first-order valence-electron chi connectivity index (χ1n) is 19.8. The Morgan fingerprint density at radius 2 is 0.986 bits per heavy atom. The second-order valence-electron chi connectivity index (χ2n) is 14.6. The maximum atomic E-state index is 12.7. The Balaban J connectivity index is 1.32. The molecule has 0 aromatic heterocycles. The summed E-state index contributed by atoms with van der Waals surface area (Å²) in [4.78, 5) is 21.9. The van der Waals surface area contributed by atoms with E-state index in [1.807, 2.05) is 0 Å². The summed E-state index contributed by atoms with van der Waals surface area (Å²) in [6.07, 6.45) is 0. The molecule has 2 amide bonds. The number of anilines is 2. The van der Waals surface area contributed by atoms with Crippen LogP contribution < -0.4 is 20.1 Å². The number of methoxy groups -OCH3 is 2. The Kier molecular flexibility index (Phi) is 17.5. The number of aromatic hydroxyl groups is 2. The molecular formula is C41H36Cl2N6O19S5. The van der Waals surface area contributed by atoms with Crippen LogP contribution in [0.5, 0.6) is 23.0 Å². The van der Waals surface area contributed by atoms with Crippen molar-refractivity contribution in [2.24, 2.45) is 20.5 Å². The number of carbonyl (C=O) groups is 2. The van der Waals surface area contributed by atoms with Crippen molar-refractivity contribution in [3.05, 3.63) is 78.4 Å². The van der Waals surface area contributed by atoms with Gasteiger partial charge >= 0.3 is 0 Å². The zero-order chi connectivity index (χ0) is 53.7. The third kappa shape index (κ3) is 12.9. The van der Waals surface area contributed by atoms with Gasteiger partial charge in [-0.25, -0.2) is 8.42 Å². The van der Waals surface area contributed by atoms with E-state index in [-0.39, 0.29) is 50.6 Å². The quantitative estimate of drug-likeness (QED) is 0.0220. The highest BCUT2D eigenvalue weighted by atomic mass is 35.5. The van der Waals surface area contributed by atoms with Gasteiger partial charge in [0, 0.05) is 21.5 Å². The lowest BCUT2D eigenvalue weighted by atomic mass is 10.0. The van der Waals surface area contributed by atoms with Crippen LogP contribution in [-0.4, -0.2) is 107 Å². The molecule has 0 saturated heterocycles. The van der Waals surface area contributed by atoms with Gasteiger partial charge in [0.15, 0.2) is 33.7 Å². The molecule has 0 heterocycles. The smallest absolute Gasteiger partial charge is 0.297 e. The summed E-state index contributed by atoms with van der Waals surface area (Å²) in [6, 6.07) is 14.2. The lowest BCUT2D eigenvalue weighted by Crippen LogP contribution is -2.21. The summed E-state index contributed by atoms with van der Waals surface area (Å²) >= 11 is 6.32. The SMILES string of the molecule is COc1cc(-c2ccc(N=Nc3c(S(=O)(=O)O)cc4c(S(=O)(=O)O)c(NC(=O)CS(=O)OCCl)ccc4c3O)c(OC)c2)ccc1N=Nc1c(C)cc2c(S(=O)(=O)O)c(NC(=O)CS(=O)OCCl)ccc2c1O. The summed E-state index contributed by atoms with van der Waals surface area (Å²) in [7, 11) is -13.1. The van der Waals surface area contributed by atoms with Gasteiger partial charge in [0.2, 0.25) is 11.8 Å². The lowest BCUT2D eigenvalue weighted by molar-refractivity contribution is -0.114. The Bertz CT molecular complexity index is 3700. The molecule has 7 N–H and O–H groups in total. The summed E-state index contributed by atoms with van der Waals surface area (Å²) in [5, 5.41) is 41.8. The van der Waals surface area contributed by atoms with Crippen LogP contribution in [-0.2, 0) is 70.5 Å². The molecule has 25 nitrogen and oxygen atoms in total. The topological polar surface area (TPSA) is 382 Å². The third-order valence-electron chi connectivity index (χ3n) is 9.99. The van der Waals surface area contributed by atoms with Crippen molar-refractivity contribution in [3.8, 4) is 34.1 Å². The number of rotatable bonds is 20. The molecule has 0 fully saturated rings. The van der Waals surface area contributed by atoms with E-state index in [1.54, 1.807) is 12.1 Å². The molecule has 0 aliphatic heterocycles. The molecule has 2 atom stereocenters. The van der Waals surface area contributed by atoms with Gasteiger partial charge in [-0.05, 0) is 84.3 Å². The van der Waals surface area contributed by atoms with Crippen molar-refractivity contribution in [2.45, 2.75) is 21.6 Å². The molecule has 0 radical (unpaired) electrons. The van der Waals surface area contributed by atoms with Gasteiger partial charge < -0.3 is 30.3 Å². The molecule has 0 aliphatic rings. The van der Waals surface area contributed by atoms with Gasteiger partial charge in [-0.1, -0.05) is 35.3 Å². The molecule has 32 heteroatoms. The number of aryl methyl sites for hydroxylation is 1. The average molecular weight is 1150 g/mol. The zero-order valence-corrected chi connectivity index (χ0v) is 42.9. The summed E-state index contributed by atoms with van der Waals surface area (Å²) < 4.78 is 150. The maximum Gasteiger partial charge on any atom is 0.297 e. The predicted octanol–water partition coefficient (Wildman–Crippen LogP) is 7.60. The van der Waals surface area contributed by atoms with Gasteiger partial charge in [0.25, 0.3) is 30.4 Å². The number of phenols is 2. The van der Waals surface area contributed by atoms with Crippen molar-refractivity contribution in [2.75, 3.05) is 48.5 Å². The monoisotopic (exact) mass is 1150 g/mol. The van der Waals surface area contributed by atoms with E-state index in [0.29, 0.717) is 17.2 Å². The standard InChI is InChI=1S/C41H36Cl2N6O19S5/c1-20-12-25-23(6-10-29(40(25)72(59,60)61)44-34(50)16-69(54)67-18-42)38(52)36(20)48-46-27-8-4-21(13-31(27)65-2)22-5-9-28(32(14-22)66-3)47-49-37-33(71(56,57)58)15-26-24(39(37)53)7-11-30(41(26)73(62,63)64)45-35(51)17-70(55)68-19-43/h4-15,52-53H,16-19H2,1-3H3,(H,44,50)(H,45,51)(H,56,57,58)(H,59,60,61)(H,62,63,64). The van der Waals surface area contributed by atoms with Gasteiger partial charge in [-0.3, -0.25) is 31.6 Å². The van der Waals surface area contributed by atoms with E-state index in [2.05, 4.69) is 39.5 Å². The minimum Gasteiger partial charge on any atom is -0.505 e. The number of azo groups is 2. The highest BCUT2D eigenvalue weighted by Crippen LogP contribution is 2.47. The van der Waals surface area contributed by atoms with Crippen LogP contribution in [0.25, 0.3) is 32.7 Å². The van der Waals surface area contributed by atoms with Crippen LogP contribution in [0.2, 0.25) is 0 Å². The fourth-order valence-corrected chi connectivity index (χ4v) is 10.8. The molecule has 0 bridgehead atoms. The Morgan fingerprint density at radius 1 is 0.575 bits per heavy atom.